The third-order valence-corrected chi connectivity index (χ3v) is 8.30. The van der Waals surface area contributed by atoms with Crippen molar-refractivity contribution < 1.29 is 17.7 Å². The van der Waals surface area contributed by atoms with Crippen LogP contribution in [0.25, 0.3) is 0 Å². The first-order valence-electron chi connectivity index (χ1n) is 9.56. The summed E-state index contributed by atoms with van der Waals surface area (Å²) in [6.07, 6.45) is 5.80. The molecule has 4 rings (SSSR count). The molecule has 7 nitrogen and oxygen atoms in total. The highest BCUT2D eigenvalue weighted by Crippen LogP contribution is 2.50. The second kappa shape index (κ2) is 6.34. The van der Waals surface area contributed by atoms with Gasteiger partial charge in [-0.05, 0) is 46.0 Å². The molecule has 0 spiro atoms. The number of amides is 1. The third-order valence-electron chi connectivity index (χ3n) is 6.39. The molecule has 0 radical (unpaired) electrons. The average molecular weight is 381 g/mol. The second-order valence-electron chi connectivity index (χ2n) is 8.03. The van der Waals surface area contributed by atoms with Crippen LogP contribution in [-0.4, -0.2) is 41.6 Å². The lowest BCUT2D eigenvalue weighted by molar-refractivity contribution is -0.137. The first-order chi connectivity index (χ1) is 12.3. The summed E-state index contributed by atoms with van der Waals surface area (Å²) in [4.78, 5) is 13.3. The van der Waals surface area contributed by atoms with Crippen LogP contribution in [0.15, 0.2) is 4.52 Å². The van der Waals surface area contributed by atoms with Gasteiger partial charge in [-0.1, -0.05) is 18.0 Å². The van der Waals surface area contributed by atoms with Gasteiger partial charge in [-0.3, -0.25) is 4.79 Å². The van der Waals surface area contributed by atoms with E-state index in [1.54, 1.807) is 4.31 Å². The van der Waals surface area contributed by atoms with Crippen molar-refractivity contribution in [2.75, 3.05) is 5.75 Å². The summed E-state index contributed by atoms with van der Waals surface area (Å²) in [5.41, 5.74) is 1.10. The number of hydrogen-bond acceptors (Lipinski definition) is 5. The van der Waals surface area contributed by atoms with E-state index in [4.69, 9.17) is 4.52 Å². The van der Waals surface area contributed by atoms with Gasteiger partial charge in [-0.15, -0.1) is 0 Å². The van der Waals surface area contributed by atoms with Crippen LogP contribution in [0.5, 0.6) is 0 Å². The van der Waals surface area contributed by atoms with Gasteiger partial charge >= 0.3 is 0 Å². The highest BCUT2D eigenvalue weighted by molar-refractivity contribution is 7.89. The van der Waals surface area contributed by atoms with Gasteiger partial charge in [-0.2, -0.15) is 4.31 Å². The van der Waals surface area contributed by atoms with Gasteiger partial charge in [0.2, 0.25) is 15.9 Å². The van der Waals surface area contributed by atoms with Gasteiger partial charge < -0.3 is 9.84 Å². The van der Waals surface area contributed by atoms with E-state index in [2.05, 4.69) is 10.5 Å². The van der Waals surface area contributed by atoms with E-state index < -0.39 is 15.4 Å². The largest absolute Gasteiger partial charge is 0.361 e. The van der Waals surface area contributed by atoms with Gasteiger partial charge in [0, 0.05) is 24.2 Å². The number of aromatic nitrogens is 1. The lowest BCUT2D eigenvalue weighted by Crippen LogP contribution is -2.63. The van der Waals surface area contributed by atoms with E-state index in [-0.39, 0.29) is 23.7 Å². The SMILES string of the molecule is Cc1noc(C)c1CNC(=O)[C@@]12CCCC[C@H]1N(C1CC1)S(=O)(=O)CC2. The van der Waals surface area contributed by atoms with Crippen LogP contribution in [0.2, 0.25) is 0 Å². The number of sulfonamides is 1. The van der Waals surface area contributed by atoms with Crippen LogP contribution in [0.3, 0.4) is 0 Å². The predicted molar refractivity (Wildman–Crippen MR) is 95.8 cm³/mol. The molecule has 1 aromatic heterocycles. The molecule has 2 heterocycles. The fraction of sp³-hybridized carbons (Fsp3) is 0.778. The molecule has 144 valence electrons. The van der Waals surface area contributed by atoms with Gasteiger partial charge in [-0.25, -0.2) is 8.42 Å². The molecule has 26 heavy (non-hydrogen) atoms. The maximum absolute atomic E-state index is 13.3. The third kappa shape index (κ3) is 2.87. The minimum atomic E-state index is -3.25. The number of aryl methyl sites for hydroxylation is 2. The summed E-state index contributed by atoms with van der Waals surface area (Å²) in [7, 11) is -3.25. The van der Waals surface area contributed by atoms with Crippen molar-refractivity contribution in [1.82, 2.24) is 14.8 Å². The zero-order valence-electron chi connectivity index (χ0n) is 15.5. The zero-order valence-corrected chi connectivity index (χ0v) is 16.3. The summed E-state index contributed by atoms with van der Waals surface area (Å²) < 4.78 is 32.3. The Bertz CT molecular complexity index is 795. The topological polar surface area (TPSA) is 92.5 Å². The van der Waals surface area contributed by atoms with Crippen LogP contribution in [0, 0.1) is 19.3 Å². The first-order valence-corrected chi connectivity index (χ1v) is 11.2. The maximum atomic E-state index is 13.3. The van der Waals surface area contributed by atoms with Crippen molar-refractivity contribution >= 4 is 15.9 Å². The zero-order chi connectivity index (χ0) is 18.5. The fourth-order valence-electron chi connectivity index (χ4n) is 4.78. The van der Waals surface area contributed by atoms with Crippen LogP contribution < -0.4 is 5.32 Å². The van der Waals surface area contributed by atoms with E-state index >= 15 is 0 Å². The Morgan fingerprint density at radius 2 is 2.04 bits per heavy atom. The maximum Gasteiger partial charge on any atom is 0.228 e. The molecule has 2 atom stereocenters. The molecule has 1 amide bonds. The molecule has 1 aromatic rings. The lowest BCUT2D eigenvalue weighted by atomic mass is 9.67. The Labute approximate surface area is 154 Å². The molecule has 3 fully saturated rings. The van der Waals surface area contributed by atoms with Crippen molar-refractivity contribution in [1.29, 1.82) is 0 Å². The monoisotopic (exact) mass is 381 g/mol. The molecular formula is C18H27N3O4S. The quantitative estimate of drug-likeness (QED) is 0.861. The van der Waals surface area contributed by atoms with E-state index in [1.165, 1.54) is 0 Å². The van der Waals surface area contributed by atoms with Gasteiger partial charge in [0.05, 0.1) is 16.9 Å². The summed E-state index contributed by atoms with van der Waals surface area (Å²) in [6, 6.07) is -0.0784. The van der Waals surface area contributed by atoms with Crippen molar-refractivity contribution in [2.24, 2.45) is 5.41 Å². The molecule has 0 bridgehead atoms. The Morgan fingerprint density at radius 1 is 1.27 bits per heavy atom. The smallest absolute Gasteiger partial charge is 0.228 e. The van der Waals surface area contributed by atoms with Crippen LogP contribution in [-0.2, 0) is 21.4 Å². The summed E-state index contributed by atoms with van der Waals surface area (Å²) >= 11 is 0. The number of rotatable bonds is 4. The number of carbonyl (C=O) groups is 1. The molecule has 3 aliphatic rings. The van der Waals surface area contributed by atoms with E-state index in [1.807, 2.05) is 13.8 Å². The molecule has 2 saturated carbocycles. The number of carbonyl (C=O) groups excluding carboxylic acids is 1. The molecule has 1 N–H and O–H groups in total. The molecular weight excluding hydrogens is 354 g/mol. The Morgan fingerprint density at radius 3 is 2.69 bits per heavy atom. The predicted octanol–water partition coefficient (Wildman–Crippen LogP) is 2.03. The van der Waals surface area contributed by atoms with Crippen LogP contribution in [0.4, 0.5) is 0 Å². The molecule has 8 heteroatoms. The number of hydrogen-bond donors (Lipinski definition) is 1. The van der Waals surface area contributed by atoms with Crippen molar-refractivity contribution in [2.45, 2.75) is 77.4 Å². The molecule has 2 aliphatic carbocycles. The minimum absolute atomic E-state index is 0.0113. The molecule has 0 aromatic carbocycles. The van der Waals surface area contributed by atoms with E-state index in [0.717, 1.165) is 49.8 Å². The summed E-state index contributed by atoms with van der Waals surface area (Å²) in [6.45, 7) is 4.08. The van der Waals surface area contributed by atoms with Crippen LogP contribution >= 0.6 is 0 Å². The van der Waals surface area contributed by atoms with Gasteiger partial charge in [0.15, 0.2) is 0 Å². The molecule has 1 aliphatic heterocycles. The van der Waals surface area contributed by atoms with Crippen LogP contribution in [0.1, 0.15) is 62.0 Å². The normalized spacial score (nSPS) is 31.4. The number of nitrogens with zero attached hydrogens (tertiary/aromatic N) is 2. The molecule has 1 saturated heterocycles. The van der Waals surface area contributed by atoms with Gasteiger partial charge in [0.25, 0.3) is 0 Å². The minimum Gasteiger partial charge on any atom is -0.361 e. The van der Waals surface area contributed by atoms with Crippen molar-refractivity contribution in [3.05, 3.63) is 17.0 Å². The second-order valence-corrected chi connectivity index (χ2v) is 10.0. The number of nitrogens with one attached hydrogen (secondary N) is 1. The summed E-state index contributed by atoms with van der Waals surface area (Å²) in [5.74, 6) is 0.785. The Hall–Kier alpha value is -1.41. The highest BCUT2D eigenvalue weighted by atomic mass is 32.2. The van der Waals surface area contributed by atoms with Crippen molar-refractivity contribution in [3.8, 4) is 0 Å². The highest BCUT2D eigenvalue weighted by Gasteiger charge is 2.58. The Balaban J connectivity index is 1.59. The Kier molecular flexibility index (Phi) is 4.38. The summed E-state index contributed by atoms with van der Waals surface area (Å²) in [5, 5.41) is 7.01. The molecule has 0 unspecified atom stereocenters. The first kappa shape index (κ1) is 18.0. The standard InChI is InChI=1S/C18H27N3O4S/c1-12-15(13(2)25-20-12)11-19-17(22)18-8-4-3-5-16(18)21(14-6-7-14)26(23,24)10-9-18/h14,16H,3-11H2,1-2H3,(H,19,22)/t16-,18-/m1/s1. The number of fused-ring (bicyclic) bond motifs is 1. The lowest BCUT2D eigenvalue weighted by Gasteiger charge is -2.51. The average Bonchev–Trinajstić information content (AvgIpc) is 3.38. The van der Waals surface area contributed by atoms with E-state index in [0.29, 0.717) is 18.7 Å². The van der Waals surface area contributed by atoms with Gasteiger partial charge in [0.1, 0.15) is 5.76 Å². The van der Waals surface area contributed by atoms with Crippen molar-refractivity contribution in [3.63, 3.8) is 0 Å². The van der Waals surface area contributed by atoms with E-state index in [9.17, 15) is 13.2 Å². The fourth-order valence-corrected chi connectivity index (χ4v) is 6.97.